The third-order valence-corrected chi connectivity index (χ3v) is 1.61. The molecule has 6 heteroatoms. The fourth-order valence-electron chi connectivity index (χ4n) is 0.630. The van der Waals surface area contributed by atoms with Crippen LogP contribution in [0.4, 0.5) is 5.00 Å². The van der Waals surface area contributed by atoms with Crippen molar-refractivity contribution in [2.24, 2.45) is 0 Å². The zero-order valence-corrected chi connectivity index (χ0v) is 7.22. The lowest BCUT2D eigenvalue weighted by Gasteiger charge is -1.96. The van der Waals surface area contributed by atoms with Crippen LogP contribution in [0.1, 0.15) is 13.3 Å². The molecule has 0 spiro atoms. The van der Waals surface area contributed by atoms with Gasteiger partial charge in [0.15, 0.2) is 0 Å². The largest absolute Gasteiger partial charge is 0.315 e. The van der Waals surface area contributed by atoms with Gasteiger partial charge in [-0.2, -0.15) is 0 Å². The third kappa shape index (κ3) is 2.75. The van der Waals surface area contributed by atoms with Crippen LogP contribution in [0.2, 0.25) is 0 Å². The van der Waals surface area contributed by atoms with Crippen molar-refractivity contribution in [1.29, 1.82) is 0 Å². The van der Waals surface area contributed by atoms with E-state index in [0.717, 1.165) is 11.5 Å². The van der Waals surface area contributed by atoms with E-state index < -0.39 is 0 Å². The van der Waals surface area contributed by atoms with Crippen LogP contribution in [0.15, 0.2) is 6.20 Å². The summed E-state index contributed by atoms with van der Waals surface area (Å²) in [7, 11) is 0. The van der Waals surface area contributed by atoms with Crippen LogP contribution in [0, 0.1) is 0 Å². The van der Waals surface area contributed by atoms with Gasteiger partial charge in [0.1, 0.15) is 10.8 Å². The topological polar surface area (TPSA) is 72.0 Å². The molecule has 5 nitrogen and oxygen atoms in total. The van der Waals surface area contributed by atoms with E-state index in [-0.39, 0.29) is 18.1 Å². The van der Waals surface area contributed by atoms with Gasteiger partial charge < -0.3 is 5.32 Å². The summed E-state index contributed by atoms with van der Waals surface area (Å²) in [4.78, 5) is 21.4. The number of amides is 1. The molecule has 0 aliphatic rings. The van der Waals surface area contributed by atoms with Crippen LogP contribution in [-0.4, -0.2) is 21.3 Å². The minimum Gasteiger partial charge on any atom is -0.315 e. The summed E-state index contributed by atoms with van der Waals surface area (Å²) in [6, 6.07) is 0. The van der Waals surface area contributed by atoms with E-state index in [4.69, 9.17) is 0 Å². The Morgan fingerprint density at radius 1 is 1.67 bits per heavy atom. The van der Waals surface area contributed by atoms with Crippen molar-refractivity contribution in [2.45, 2.75) is 13.3 Å². The Hall–Kier alpha value is -1.30. The smallest absolute Gasteiger partial charge is 0.232 e. The molecule has 0 aliphatic heterocycles. The molecule has 0 bridgehead atoms. The molecule has 0 fully saturated rings. The van der Waals surface area contributed by atoms with E-state index in [0.29, 0.717) is 5.00 Å². The number of hydrogen-bond acceptors (Lipinski definition) is 5. The Kier molecular flexibility index (Phi) is 2.87. The van der Waals surface area contributed by atoms with Crippen LogP contribution in [0.5, 0.6) is 0 Å². The second-order valence-corrected chi connectivity index (χ2v) is 2.99. The summed E-state index contributed by atoms with van der Waals surface area (Å²) < 4.78 is 3.55. The summed E-state index contributed by atoms with van der Waals surface area (Å²) in [5.74, 6) is -0.487. The Balaban J connectivity index is 2.42. The van der Waals surface area contributed by atoms with E-state index in [2.05, 4.69) is 14.9 Å². The highest BCUT2D eigenvalue weighted by Gasteiger charge is 2.05. The highest BCUT2D eigenvalue weighted by atomic mass is 32.1. The standard InChI is InChI=1S/C6H7N3O2S/c1-4(10)2-5(11)8-6-3-7-9-12-6/h3H,2H2,1H3,(H,8,11). The average molecular weight is 185 g/mol. The molecule has 0 aliphatic carbocycles. The highest BCUT2D eigenvalue weighted by molar-refractivity contribution is 7.10. The first-order valence-electron chi connectivity index (χ1n) is 3.25. The molecule has 0 saturated carbocycles. The molecule has 0 saturated heterocycles. The van der Waals surface area contributed by atoms with Crippen molar-refractivity contribution < 1.29 is 9.59 Å². The van der Waals surface area contributed by atoms with Gasteiger partial charge in [0.2, 0.25) is 5.91 Å². The van der Waals surface area contributed by atoms with Crippen LogP contribution in [-0.2, 0) is 9.59 Å². The Labute approximate surface area is 73.0 Å². The highest BCUT2D eigenvalue weighted by Crippen LogP contribution is 2.08. The molecule has 1 N–H and O–H groups in total. The molecule has 64 valence electrons. The first-order chi connectivity index (χ1) is 5.68. The van der Waals surface area contributed by atoms with E-state index >= 15 is 0 Å². The van der Waals surface area contributed by atoms with Crippen molar-refractivity contribution >= 4 is 28.2 Å². The normalized spacial score (nSPS) is 9.42. The number of anilines is 1. The molecule has 12 heavy (non-hydrogen) atoms. The summed E-state index contributed by atoms with van der Waals surface area (Å²) in [5, 5.41) is 6.57. The minimum absolute atomic E-state index is 0.0993. The van der Waals surface area contributed by atoms with Crippen molar-refractivity contribution in [1.82, 2.24) is 9.59 Å². The van der Waals surface area contributed by atoms with E-state index in [9.17, 15) is 9.59 Å². The maximum absolute atomic E-state index is 10.9. The first-order valence-corrected chi connectivity index (χ1v) is 4.02. The molecule has 0 unspecified atom stereocenters. The fraction of sp³-hybridized carbons (Fsp3) is 0.333. The van der Waals surface area contributed by atoms with E-state index in [1.165, 1.54) is 13.1 Å². The van der Waals surface area contributed by atoms with Gasteiger partial charge in [-0.3, -0.25) is 9.59 Å². The van der Waals surface area contributed by atoms with Gasteiger partial charge in [-0.15, -0.1) is 5.10 Å². The van der Waals surface area contributed by atoms with Crippen molar-refractivity contribution in [3.63, 3.8) is 0 Å². The van der Waals surface area contributed by atoms with Crippen LogP contribution in [0.3, 0.4) is 0 Å². The fourth-order valence-corrected chi connectivity index (χ4v) is 1.07. The SMILES string of the molecule is CC(=O)CC(=O)Nc1cnns1. The van der Waals surface area contributed by atoms with Crippen molar-refractivity contribution in [2.75, 3.05) is 5.32 Å². The van der Waals surface area contributed by atoms with Crippen LogP contribution < -0.4 is 5.32 Å². The van der Waals surface area contributed by atoms with Crippen LogP contribution >= 0.6 is 11.5 Å². The molecule has 0 aromatic carbocycles. The zero-order chi connectivity index (χ0) is 8.97. The summed E-state index contributed by atoms with van der Waals surface area (Å²) in [5.41, 5.74) is 0. The molecule has 0 radical (unpaired) electrons. The third-order valence-electron chi connectivity index (χ3n) is 1.03. The number of aromatic nitrogens is 2. The van der Waals surface area contributed by atoms with Gasteiger partial charge in [-0.25, -0.2) is 0 Å². The lowest BCUT2D eigenvalue weighted by molar-refractivity contribution is -0.124. The van der Waals surface area contributed by atoms with Gasteiger partial charge in [0, 0.05) is 11.5 Å². The number of carbonyl (C=O) groups excluding carboxylic acids is 2. The molecule has 0 atom stereocenters. The number of nitrogens with one attached hydrogen (secondary N) is 1. The lowest BCUT2D eigenvalue weighted by Crippen LogP contribution is -2.13. The predicted molar refractivity (Wildman–Crippen MR) is 43.8 cm³/mol. The van der Waals surface area contributed by atoms with Gasteiger partial charge in [0.25, 0.3) is 0 Å². The Bertz CT molecular complexity index is 283. The Morgan fingerprint density at radius 2 is 2.42 bits per heavy atom. The number of Topliss-reactive ketones (excluding diaryl/α,β-unsaturated/α-hetero) is 1. The maximum Gasteiger partial charge on any atom is 0.232 e. The minimum atomic E-state index is -0.325. The number of carbonyl (C=O) groups is 2. The number of hydrogen-bond donors (Lipinski definition) is 1. The van der Waals surface area contributed by atoms with Gasteiger partial charge in [-0.1, -0.05) is 4.49 Å². The predicted octanol–water partition coefficient (Wildman–Crippen LogP) is 0.456. The molecular formula is C6H7N3O2S. The molecule has 1 heterocycles. The lowest BCUT2D eigenvalue weighted by atomic mass is 10.3. The summed E-state index contributed by atoms with van der Waals surface area (Å²) >= 11 is 1.07. The van der Waals surface area contributed by atoms with Gasteiger partial charge >= 0.3 is 0 Å². The number of ketones is 1. The first kappa shape index (κ1) is 8.79. The molecular weight excluding hydrogens is 178 g/mol. The van der Waals surface area contributed by atoms with E-state index in [1.54, 1.807) is 0 Å². The number of rotatable bonds is 3. The summed E-state index contributed by atoms with van der Waals surface area (Å²) in [6.45, 7) is 1.37. The van der Waals surface area contributed by atoms with Gasteiger partial charge in [0.05, 0.1) is 12.6 Å². The molecule has 1 rings (SSSR count). The molecule has 1 aromatic heterocycles. The average Bonchev–Trinajstić information content (AvgIpc) is 2.37. The second-order valence-electron chi connectivity index (χ2n) is 2.21. The zero-order valence-electron chi connectivity index (χ0n) is 6.40. The van der Waals surface area contributed by atoms with Crippen molar-refractivity contribution in [3.05, 3.63) is 6.20 Å². The van der Waals surface area contributed by atoms with Gasteiger partial charge in [-0.05, 0) is 6.92 Å². The summed E-state index contributed by atoms with van der Waals surface area (Å²) in [6.07, 6.45) is 1.33. The maximum atomic E-state index is 10.9. The van der Waals surface area contributed by atoms with Crippen LogP contribution in [0.25, 0.3) is 0 Å². The number of nitrogens with zero attached hydrogens (tertiary/aromatic N) is 2. The van der Waals surface area contributed by atoms with E-state index in [1.807, 2.05) is 0 Å². The van der Waals surface area contributed by atoms with Crippen molar-refractivity contribution in [3.8, 4) is 0 Å². The Morgan fingerprint density at radius 3 is 2.92 bits per heavy atom. The quantitative estimate of drug-likeness (QED) is 0.694. The molecule has 1 aromatic rings. The second kappa shape index (κ2) is 3.91. The monoisotopic (exact) mass is 185 g/mol. The molecule has 1 amide bonds.